The smallest absolute Gasteiger partial charge is 0.423 e. The standard InChI is InChI=1S/C32H34F3N9O3/c1-45-31-40-15-22(16-41-31)21-7-12-27(37-14-21)44(29(36)38-13-20-5-3-2-4-6-20)24-10-8-23(9-11-24)42-30-39-17-26(32(33,34)35)28(43-30)47-25-18-46-19-25/h2-7,12,14-17,23-25H,8-11,13,18-19H2,1H3,(H2,36,38)(H,39,42,43). The van der Waals surface area contributed by atoms with E-state index in [4.69, 9.17) is 29.9 Å². The molecule has 1 saturated carbocycles. The van der Waals surface area contributed by atoms with Gasteiger partial charge in [-0.05, 0) is 43.4 Å². The van der Waals surface area contributed by atoms with Crippen LogP contribution >= 0.6 is 0 Å². The SMILES string of the molecule is COc1ncc(-c2ccc(N(C(N)=NCc3ccccc3)C3CCC(Nc4ncc(C(F)(F)F)c(OC5COC5)n4)CC3)nc2)cn1. The van der Waals surface area contributed by atoms with Gasteiger partial charge < -0.3 is 25.3 Å². The molecule has 1 aliphatic heterocycles. The highest BCUT2D eigenvalue weighted by Crippen LogP contribution is 2.36. The van der Waals surface area contributed by atoms with Gasteiger partial charge in [-0.15, -0.1) is 0 Å². The minimum Gasteiger partial charge on any atom is -0.469 e. The number of aromatic nitrogens is 5. The summed E-state index contributed by atoms with van der Waals surface area (Å²) in [6, 6.07) is 13.8. The van der Waals surface area contributed by atoms with Crippen LogP contribution in [0.4, 0.5) is 24.9 Å². The molecular formula is C32H34F3N9O3. The summed E-state index contributed by atoms with van der Waals surface area (Å²) in [5.74, 6) is 0.561. The molecule has 4 aromatic rings. The van der Waals surface area contributed by atoms with Crippen molar-refractivity contribution < 1.29 is 27.4 Å². The Labute approximate surface area is 269 Å². The third-order valence-electron chi connectivity index (χ3n) is 7.99. The zero-order chi connectivity index (χ0) is 32.8. The van der Waals surface area contributed by atoms with Gasteiger partial charge in [0.1, 0.15) is 17.5 Å². The summed E-state index contributed by atoms with van der Waals surface area (Å²) in [5, 5.41) is 3.20. The van der Waals surface area contributed by atoms with E-state index < -0.39 is 23.7 Å². The van der Waals surface area contributed by atoms with Crippen LogP contribution in [-0.2, 0) is 17.5 Å². The van der Waals surface area contributed by atoms with Gasteiger partial charge >= 0.3 is 12.2 Å². The van der Waals surface area contributed by atoms with Crippen LogP contribution in [0.3, 0.4) is 0 Å². The Morgan fingerprint density at radius 1 is 0.957 bits per heavy atom. The quantitative estimate of drug-likeness (QED) is 0.179. The summed E-state index contributed by atoms with van der Waals surface area (Å²) in [6.07, 6.45) is 3.51. The molecule has 0 bridgehead atoms. The molecule has 0 radical (unpaired) electrons. The van der Waals surface area contributed by atoms with Crippen molar-refractivity contribution in [1.29, 1.82) is 0 Å². The van der Waals surface area contributed by atoms with E-state index in [9.17, 15) is 13.2 Å². The van der Waals surface area contributed by atoms with Crippen LogP contribution in [0, 0.1) is 0 Å². The molecule has 1 aliphatic carbocycles. The topological polar surface area (TPSA) is 146 Å². The van der Waals surface area contributed by atoms with Crippen molar-refractivity contribution in [1.82, 2.24) is 24.9 Å². The molecule has 3 aromatic heterocycles. The molecule has 0 unspecified atom stereocenters. The lowest BCUT2D eigenvalue weighted by molar-refractivity contribution is -0.142. The van der Waals surface area contributed by atoms with Gasteiger partial charge in [-0.1, -0.05) is 30.3 Å². The molecule has 4 heterocycles. The van der Waals surface area contributed by atoms with E-state index in [0.717, 1.165) is 22.9 Å². The summed E-state index contributed by atoms with van der Waals surface area (Å²) in [5.41, 5.74) is 8.26. The summed E-state index contributed by atoms with van der Waals surface area (Å²) >= 11 is 0. The van der Waals surface area contributed by atoms with Crippen LogP contribution in [0.2, 0.25) is 0 Å². The number of rotatable bonds is 10. The van der Waals surface area contributed by atoms with E-state index in [0.29, 0.717) is 44.0 Å². The average Bonchev–Trinajstić information content (AvgIpc) is 3.07. The summed E-state index contributed by atoms with van der Waals surface area (Å²) in [7, 11) is 1.51. The molecule has 1 saturated heterocycles. The van der Waals surface area contributed by atoms with E-state index in [2.05, 4.69) is 25.3 Å². The zero-order valence-corrected chi connectivity index (χ0v) is 25.6. The molecule has 1 aromatic carbocycles. The van der Waals surface area contributed by atoms with Gasteiger partial charge in [-0.3, -0.25) is 4.90 Å². The number of nitrogens with two attached hydrogens (primary N) is 1. The largest absolute Gasteiger partial charge is 0.469 e. The van der Waals surface area contributed by atoms with Crippen molar-refractivity contribution in [2.45, 2.75) is 56.6 Å². The second-order valence-electron chi connectivity index (χ2n) is 11.2. The fourth-order valence-electron chi connectivity index (χ4n) is 5.41. The fourth-order valence-corrected chi connectivity index (χ4v) is 5.41. The molecule has 2 aliphatic rings. The number of nitrogens with zero attached hydrogens (tertiary/aromatic N) is 7. The number of benzene rings is 1. The number of guanidine groups is 1. The predicted molar refractivity (Wildman–Crippen MR) is 168 cm³/mol. The summed E-state index contributed by atoms with van der Waals surface area (Å²) in [4.78, 5) is 27.8. The number of hydrogen-bond acceptors (Lipinski definition) is 10. The van der Waals surface area contributed by atoms with Gasteiger partial charge in [-0.25, -0.2) is 24.9 Å². The lowest BCUT2D eigenvalue weighted by Gasteiger charge is -2.37. The molecular weight excluding hydrogens is 615 g/mol. The Morgan fingerprint density at radius 2 is 1.68 bits per heavy atom. The minimum absolute atomic E-state index is 0.0266. The van der Waals surface area contributed by atoms with Crippen LogP contribution in [-0.4, -0.2) is 69.4 Å². The van der Waals surface area contributed by atoms with E-state index in [1.54, 1.807) is 18.6 Å². The van der Waals surface area contributed by atoms with E-state index >= 15 is 0 Å². The van der Waals surface area contributed by atoms with Gasteiger partial charge in [0.05, 0.1) is 26.9 Å². The van der Waals surface area contributed by atoms with Crippen LogP contribution in [0.1, 0.15) is 36.8 Å². The van der Waals surface area contributed by atoms with Gasteiger partial charge in [0.15, 0.2) is 5.96 Å². The highest BCUT2D eigenvalue weighted by atomic mass is 19.4. The second kappa shape index (κ2) is 14.2. The Morgan fingerprint density at radius 3 is 2.30 bits per heavy atom. The van der Waals surface area contributed by atoms with Gasteiger partial charge in [0.25, 0.3) is 0 Å². The van der Waals surface area contributed by atoms with Crippen molar-refractivity contribution in [3.8, 4) is 23.0 Å². The molecule has 47 heavy (non-hydrogen) atoms. The number of aliphatic imine (C=N–C) groups is 1. The molecule has 0 spiro atoms. The Kier molecular flexibility index (Phi) is 9.61. The number of halogens is 3. The number of hydrogen-bond donors (Lipinski definition) is 2. The molecule has 3 N–H and O–H groups in total. The summed E-state index contributed by atoms with van der Waals surface area (Å²) < 4.78 is 56.3. The van der Waals surface area contributed by atoms with Crippen LogP contribution < -0.4 is 25.4 Å². The average molecular weight is 650 g/mol. The number of alkyl halides is 3. The fraction of sp³-hybridized carbons (Fsp3) is 0.375. The highest BCUT2D eigenvalue weighted by Gasteiger charge is 2.38. The van der Waals surface area contributed by atoms with Crippen LogP contribution in [0.5, 0.6) is 11.9 Å². The first-order valence-corrected chi connectivity index (χ1v) is 15.2. The second-order valence-corrected chi connectivity index (χ2v) is 11.2. The first kappa shape index (κ1) is 31.9. The lowest BCUT2D eigenvalue weighted by atomic mass is 9.90. The van der Waals surface area contributed by atoms with E-state index in [1.807, 2.05) is 47.4 Å². The van der Waals surface area contributed by atoms with E-state index in [1.165, 1.54) is 7.11 Å². The maximum atomic E-state index is 13.6. The Hall–Kier alpha value is -5.05. The molecule has 246 valence electrons. The summed E-state index contributed by atoms with van der Waals surface area (Å²) in [6.45, 7) is 0.843. The number of nitrogens with one attached hydrogen (secondary N) is 1. The van der Waals surface area contributed by atoms with E-state index in [-0.39, 0.29) is 37.3 Å². The Balaban J connectivity index is 1.17. The first-order chi connectivity index (χ1) is 22.8. The monoisotopic (exact) mass is 649 g/mol. The van der Waals surface area contributed by atoms with Crippen molar-refractivity contribution in [2.24, 2.45) is 10.7 Å². The van der Waals surface area contributed by atoms with Gasteiger partial charge in [-0.2, -0.15) is 18.2 Å². The first-order valence-electron chi connectivity index (χ1n) is 15.2. The molecule has 2 fully saturated rings. The van der Waals surface area contributed by atoms with Gasteiger partial charge in [0, 0.05) is 48.0 Å². The maximum Gasteiger partial charge on any atom is 0.423 e. The normalized spacial score (nSPS) is 18.7. The van der Waals surface area contributed by atoms with Crippen molar-refractivity contribution in [3.05, 3.63) is 78.4 Å². The van der Waals surface area contributed by atoms with Crippen LogP contribution in [0.15, 0.2) is 72.2 Å². The molecule has 12 nitrogen and oxygen atoms in total. The maximum absolute atomic E-state index is 13.6. The number of anilines is 2. The van der Waals surface area contributed by atoms with Crippen molar-refractivity contribution in [2.75, 3.05) is 30.5 Å². The minimum atomic E-state index is -4.64. The molecule has 0 amide bonds. The third kappa shape index (κ3) is 7.85. The predicted octanol–water partition coefficient (Wildman–Crippen LogP) is 4.88. The van der Waals surface area contributed by atoms with Crippen molar-refractivity contribution in [3.63, 3.8) is 0 Å². The molecule has 15 heteroatoms. The Bertz CT molecular complexity index is 1650. The van der Waals surface area contributed by atoms with Gasteiger partial charge in [0.2, 0.25) is 11.8 Å². The molecule has 6 rings (SSSR count). The third-order valence-corrected chi connectivity index (χ3v) is 7.99. The van der Waals surface area contributed by atoms with Crippen molar-refractivity contribution >= 4 is 17.7 Å². The lowest BCUT2D eigenvalue weighted by Crippen LogP contribution is -2.48. The highest BCUT2D eigenvalue weighted by molar-refractivity contribution is 5.94. The number of ether oxygens (including phenoxy) is 3. The molecule has 0 atom stereocenters. The number of pyridine rings is 1. The zero-order valence-electron chi connectivity index (χ0n) is 25.6. The number of methoxy groups -OCH3 is 1. The van der Waals surface area contributed by atoms with Crippen LogP contribution in [0.25, 0.3) is 11.1 Å².